The average Bonchev–Trinajstić information content (AvgIpc) is 2.81. The Hall–Kier alpha value is -1.42. The third-order valence-electron chi connectivity index (χ3n) is 2.74. The summed E-state index contributed by atoms with van der Waals surface area (Å²) in [7, 11) is 0. The Morgan fingerprint density at radius 3 is 2.78 bits per heavy atom. The number of aliphatic hydroxyl groups is 1. The molecule has 0 aliphatic rings. The van der Waals surface area contributed by atoms with Crippen LogP contribution in [0, 0.1) is 0 Å². The number of nitrogens with zero attached hydrogens (tertiary/aromatic N) is 1. The number of aromatic nitrogens is 1. The number of aliphatic hydroxyl groups excluding tert-OH is 1. The van der Waals surface area contributed by atoms with E-state index >= 15 is 0 Å². The quantitative estimate of drug-likeness (QED) is 0.763. The normalized spacial score (nSPS) is 11.0. The minimum Gasteiger partial charge on any atom is -0.392 e. The van der Waals surface area contributed by atoms with E-state index in [2.05, 4.69) is 4.98 Å². The van der Waals surface area contributed by atoms with E-state index in [1.165, 1.54) is 0 Å². The Morgan fingerprint density at radius 1 is 1.17 bits per heavy atom. The van der Waals surface area contributed by atoms with Crippen LogP contribution in [0.4, 0.5) is 0 Å². The van der Waals surface area contributed by atoms with Gasteiger partial charge < -0.3 is 5.11 Å². The molecule has 0 unspecified atom stereocenters. The molecule has 2 aromatic carbocycles. The van der Waals surface area contributed by atoms with Crippen molar-refractivity contribution in [2.75, 3.05) is 0 Å². The van der Waals surface area contributed by atoms with Crippen molar-refractivity contribution in [2.24, 2.45) is 0 Å². The highest BCUT2D eigenvalue weighted by molar-refractivity contribution is 7.21. The molecular weight excluding hydrogens is 266 g/mol. The number of halogens is 1. The highest BCUT2D eigenvalue weighted by Crippen LogP contribution is 2.34. The van der Waals surface area contributed by atoms with Gasteiger partial charge in [-0.1, -0.05) is 35.9 Å². The molecule has 0 aliphatic heterocycles. The molecule has 0 radical (unpaired) electrons. The lowest BCUT2D eigenvalue weighted by atomic mass is 10.2. The minimum absolute atomic E-state index is 0.0509. The largest absolute Gasteiger partial charge is 0.392 e. The van der Waals surface area contributed by atoms with Gasteiger partial charge in [-0.05, 0) is 23.8 Å². The van der Waals surface area contributed by atoms with Gasteiger partial charge in [0.15, 0.2) is 0 Å². The fourth-order valence-corrected chi connectivity index (χ4v) is 3.17. The van der Waals surface area contributed by atoms with E-state index in [0.29, 0.717) is 5.02 Å². The van der Waals surface area contributed by atoms with Gasteiger partial charge in [-0.15, -0.1) is 11.3 Å². The monoisotopic (exact) mass is 275 g/mol. The standard InChI is InChI=1S/C14H10ClNOS/c15-11-4-2-1-3-10(11)14-16-12-6-5-9(8-17)7-13(12)18-14/h1-7,17H,8H2. The van der Waals surface area contributed by atoms with E-state index in [0.717, 1.165) is 26.4 Å². The third-order valence-corrected chi connectivity index (χ3v) is 4.12. The molecule has 0 saturated heterocycles. The zero-order valence-corrected chi connectivity index (χ0v) is 11.0. The van der Waals surface area contributed by atoms with E-state index in [1.807, 2.05) is 42.5 Å². The molecular formula is C14H10ClNOS. The molecule has 3 aromatic rings. The summed E-state index contributed by atoms with van der Waals surface area (Å²) >= 11 is 7.76. The van der Waals surface area contributed by atoms with Gasteiger partial charge in [0, 0.05) is 5.56 Å². The fraction of sp³-hybridized carbons (Fsp3) is 0.0714. The van der Waals surface area contributed by atoms with Crippen LogP contribution in [-0.4, -0.2) is 10.1 Å². The number of rotatable bonds is 2. The van der Waals surface area contributed by atoms with Gasteiger partial charge in [-0.3, -0.25) is 0 Å². The molecule has 0 amide bonds. The zero-order chi connectivity index (χ0) is 12.5. The summed E-state index contributed by atoms with van der Waals surface area (Å²) in [6, 6.07) is 13.5. The van der Waals surface area contributed by atoms with Crippen LogP contribution in [0.5, 0.6) is 0 Å². The summed E-state index contributed by atoms with van der Waals surface area (Å²) < 4.78 is 1.07. The van der Waals surface area contributed by atoms with E-state index < -0.39 is 0 Å². The number of hydrogen-bond donors (Lipinski definition) is 1. The van der Waals surface area contributed by atoms with Gasteiger partial charge in [0.25, 0.3) is 0 Å². The SMILES string of the molecule is OCc1ccc2nc(-c3ccccc3Cl)sc2c1. The van der Waals surface area contributed by atoms with Crippen molar-refractivity contribution >= 4 is 33.2 Å². The molecule has 18 heavy (non-hydrogen) atoms. The van der Waals surface area contributed by atoms with Gasteiger partial charge in [0.05, 0.1) is 21.8 Å². The topological polar surface area (TPSA) is 33.1 Å². The second-order valence-corrected chi connectivity index (χ2v) is 5.40. The Morgan fingerprint density at radius 2 is 2.00 bits per heavy atom. The van der Waals surface area contributed by atoms with E-state index in [9.17, 15) is 0 Å². The first-order valence-corrected chi connectivity index (χ1v) is 6.72. The summed E-state index contributed by atoms with van der Waals surface area (Å²) in [6.45, 7) is 0.0509. The van der Waals surface area contributed by atoms with Gasteiger partial charge >= 0.3 is 0 Å². The van der Waals surface area contributed by atoms with Gasteiger partial charge in [0.2, 0.25) is 0 Å². The van der Waals surface area contributed by atoms with E-state index in [4.69, 9.17) is 16.7 Å². The Kier molecular flexibility index (Phi) is 3.04. The van der Waals surface area contributed by atoms with E-state index in [1.54, 1.807) is 11.3 Å². The Labute approximate surface area is 113 Å². The van der Waals surface area contributed by atoms with Crippen LogP contribution < -0.4 is 0 Å². The predicted octanol–water partition coefficient (Wildman–Crippen LogP) is 4.11. The van der Waals surface area contributed by atoms with Crippen molar-refractivity contribution in [3.63, 3.8) is 0 Å². The second-order valence-electron chi connectivity index (χ2n) is 3.96. The minimum atomic E-state index is 0.0509. The number of hydrogen-bond acceptors (Lipinski definition) is 3. The van der Waals surface area contributed by atoms with Gasteiger partial charge in [-0.25, -0.2) is 4.98 Å². The summed E-state index contributed by atoms with van der Waals surface area (Å²) in [4.78, 5) is 4.57. The zero-order valence-electron chi connectivity index (χ0n) is 9.43. The van der Waals surface area contributed by atoms with Crippen molar-refractivity contribution in [1.82, 2.24) is 4.98 Å². The maximum Gasteiger partial charge on any atom is 0.126 e. The highest BCUT2D eigenvalue weighted by Gasteiger charge is 2.09. The molecule has 1 aromatic heterocycles. The maximum atomic E-state index is 9.13. The molecule has 1 heterocycles. The summed E-state index contributed by atoms with van der Waals surface area (Å²) in [6.07, 6.45) is 0. The molecule has 3 rings (SSSR count). The molecule has 0 saturated carbocycles. The molecule has 0 aliphatic carbocycles. The summed E-state index contributed by atoms with van der Waals surface area (Å²) in [5.41, 5.74) is 2.79. The second kappa shape index (κ2) is 4.69. The van der Waals surface area contributed by atoms with Crippen molar-refractivity contribution in [2.45, 2.75) is 6.61 Å². The molecule has 1 N–H and O–H groups in total. The first-order chi connectivity index (χ1) is 8.78. The first kappa shape index (κ1) is 11.7. The third kappa shape index (κ3) is 2.01. The highest BCUT2D eigenvalue weighted by atomic mass is 35.5. The van der Waals surface area contributed by atoms with Crippen molar-refractivity contribution in [3.05, 3.63) is 53.1 Å². The van der Waals surface area contributed by atoms with Crippen LogP contribution in [0.1, 0.15) is 5.56 Å². The van der Waals surface area contributed by atoms with Crippen LogP contribution in [0.2, 0.25) is 5.02 Å². The van der Waals surface area contributed by atoms with Crippen molar-refractivity contribution in [3.8, 4) is 10.6 Å². The number of thiazole rings is 1. The maximum absolute atomic E-state index is 9.13. The average molecular weight is 276 g/mol. The van der Waals surface area contributed by atoms with Crippen LogP contribution in [0.15, 0.2) is 42.5 Å². The predicted molar refractivity (Wildman–Crippen MR) is 76.0 cm³/mol. The molecule has 4 heteroatoms. The van der Waals surface area contributed by atoms with Crippen molar-refractivity contribution in [1.29, 1.82) is 0 Å². The fourth-order valence-electron chi connectivity index (χ4n) is 1.82. The van der Waals surface area contributed by atoms with E-state index in [-0.39, 0.29) is 6.61 Å². The van der Waals surface area contributed by atoms with Gasteiger partial charge in [-0.2, -0.15) is 0 Å². The Bertz CT molecular complexity index is 708. The molecule has 90 valence electrons. The molecule has 0 atom stereocenters. The van der Waals surface area contributed by atoms with Crippen molar-refractivity contribution < 1.29 is 5.11 Å². The van der Waals surface area contributed by atoms with Gasteiger partial charge in [0.1, 0.15) is 5.01 Å². The molecule has 0 fully saturated rings. The first-order valence-electron chi connectivity index (χ1n) is 5.53. The van der Waals surface area contributed by atoms with Crippen LogP contribution in [0.3, 0.4) is 0 Å². The lowest BCUT2D eigenvalue weighted by molar-refractivity contribution is 0.282. The molecule has 0 bridgehead atoms. The lowest BCUT2D eigenvalue weighted by Gasteiger charge is -1.97. The Balaban J connectivity index is 2.17. The van der Waals surface area contributed by atoms with Crippen LogP contribution >= 0.6 is 22.9 Å². The van der Waals surface area contributed by atoms with Crippen LogP contribution in [-0.2, 0) is 6.61 Å². The lowest BCUT2D eigenvalue weighted by Crippen LogP contribution is -1.80. The summed E-state index contributed by atoms with van der Waals surface area (Å²) in [5.74, 6) is 0. The number of fused-ring (bicyclic) bond motifs is 1. The molecule has 2 nitrogen and oxygen atoms in total. The smallest absolute Gasteiger partial charge is 0.126 e. The summed E-state index contributed by atoms with van der Waals surface area (Å²) in [5, 5.41) is 10.7. The molecule has 0 spiro atoms. The number of benzene rings is 2. The van der Waals surface area contributed by atoms with Crippen LogP contribution in [0.25, 0.3) is 20.8 Å².